The topological polar surface area (TPSA) is 61.8 Å². The normalized spacial score (nSPS) is 26.9. The summed E-state index contributed by atoms with van der Waals surface area (Å²) in [5.74, 6) is 0.368. The predicted molar refractivity (Wildman–Crippen MR) is 68.4 cm³/mol. The van der Waals surface area contributed by atoms with E-state index in [1.165, 1.54) is 0 Å². The number of aliphatic hydroxyl groups excluding tert-OH is 1. The highest BCUT2D eigenvalue weighted by molar-refractivity contribution is 5.69. The second-order valence-corrected chi connectivity index (χ2v) is 6.58. The Kier molecular flexibility index (Phi) is 3.56. The van der Waals surface area contributed by atoms with E-state index in [4.69, 9.17) is 4.74 Å². The maximum Gasteiger partial charge on any atom is 0.410 e. The van der Waals surface area contributed by atoms with Gasteiger partial charge in [0.05, 0.1) is 5.54 Å². The summed E-state index contributed by atoms with van der Waals surface area (Å²) < 4.78 is 5.34. The standard InChI is InChI=1S/C13H24N2O3/c1-12(2,3)18-11(17)15-8-13(9-15)6-10(7-16)4-5-14-13/h10,14,16H,4-9H2,1-3H3. The van der Waals surface area contributed by atoms with Crippen molar-refractivity contribution in [3.05, 3.63) is 0 Å². The SMILES string of the molecule is CC(C)(C)OC(=O)N1CC2(CC(CO)CCN2)C1. The second kappa shape index (κ2) is 4.70. The number of carbonyl (C=O) groups is 1. The van der Waals surface area contributed by atoms with Crippen LogP contribution in [0, 0.1) is 5.92 Å². The first-order valence-electron chi connectivity index (χ1n) is 6.67. The molecule has 2 fully saturated rings. The lowest BCUT2D eigenvalue weighted by Gasteiger charge is -2.53. The Morgan fingerprint density at radius 1 is 1.50 bits per heavy atom. The third kappa shape index (κ3) is 2.95. The molecule has 1 unspecified atom stereocenters. The third-order valence-corrected chi connectivity index (χ3v) is 3.63. The zero-order chi connectivity index (χ0) is 13.4. The van der Waals surface area contributed by atoms with Crippen molar-refractivity contribution < 1.29 is 14.6 Å². The molecule has 18 heavy (non-hydrogen) atoms. The van der Waals surface area contributed by atoms with Crippen molar-refractivity contribution in [2.45, 2.75) is 44.8 Å². The van der Waals surface area contributed by atoms with E-state index in [9.17, 15) is 9.90 Å². The van der Waals surface area contributed by atoms with Gasteiger partial charge in [-0.05, 0) is 46.1 Å². The Morgan fingerprint density at radius 2 is 2.17 bits per heavy atom. The molecule has 104 valence electrons. The van der Waals surface area contributed by atoms with Crippen LogP contribution in [0.1, 0.15) is 33.6 Å². The van der Waals surface area contributed by atoms with E-state index in [1.807, 2.05) is 20.8 Å². The molecule has 5 nitrogen and oxygen atoms in total. The Balaban J connectivity index is 1.84. The van der Waals surface area contributed by atoms with Gasteiger partial charge in [0, 0.05) is 19.7 Å². The lowest BCUT2D eigenvalue weighted by Crippen LogP contribution is -2.72. The van der Waals surface area contributed by atoms with Gasteiger partial charge in [-0.2, -0.15) is 0 Å². The predicted octanol–water partition coefficient (Wildman–Crippen LogP) is 0.968. The van der Waals surface area contributed by atoms with Crippen molar-refractivity contribution in [3.63, 3.8) is 0 Å². The van der Waals surface area contributed by atoms with Crippen LogP contribution < -0.4 is 5.32 Å². The van der Waals surface area contributed by atoms with Crippen LogP contribution in [0.15, 0.2) is 0 Å². The first kappa shape index (κ1) is 13.6. The van der Waals surface area contributed by atoms with Crippen molar-refractivity contribution in [1.82, 2.24) is 10.2 Å². The fourth-order valence-corrected chi connectivity index (χ4v) is 2.80. The summed E-state index contributed by atoms with van der Waals surface area (Å²) in [6, 6.07) is 0. The van der Waals surface area contributed by atoms with Crippen molar-refractivity contribution in [1.29, 1.82) is 0 Å². The second-order valence-electron chi connectivity index (χ2n) is 6.58. The maximum absolute atomic E-state index is 11.8. The molecule has 1 atom stereocenters. The van der Waals surface area contributed by atoms with E-state index >= 15 is 0 Å². The van der Waals surface area contributed by atoms with E-state index in [0.29, 0.717) is 19.0 Å². The van der Waals surface area contributed by atoms with Crippen molar-refractivity contribution in [3.8, 4) is 0 Å². The molecule has 0 radical (unpaired) electrons. The number of rotatable bonds is 1. The average molecular weight is 256 g/mol. The van der Waals surface area contributed by atoms with Gasteiger partial charge in [-0.1, -0.05) is 0 Å². The molecule has 1 spiro atoms. The number of nitrogens with zero attached hydrogens (tertiary/aromatic N) is 1. The van der Waals surface area contributed by atoms with Crippen LogP contribution in [-0.2, 0) is 4.74 Å². The molecular weight excluding hydrogens is 232 g/mol. The molecule has 5 heteroatoms. The highest BCUT2D eigenvalue weighted by Gasteiger charge is 2.48. The molecule has 2 aliphatic heterocycles. The number of likely N-dealkylation sites (tertiary alicyclic amines) is 1. The minimum Gasteiger partial charge on any atom is -0.444 e. The monoisotopic (exact) mass is 256 g/mol. The molecule has 1 amide bonds. The summed E-state index contributed by atoms with van der Waals surface area (Å²) in [5, 5.41) is 12.7. The first-order valence-corrected chi connectivity index (χ1v) is 6.67. The number of carbonyl (C=O) groups excluding carboxylic acids is 1. The van der Waals surface area contributed by atoms with Gasteiger partial charge in [-0.25, -0.2) is 4.79 Å². The highest BCUT2D eigenvalue weighted by Crippen LogP contribution is 2.33. The maximum atomic E-state index is 11.8. The molecule has 0 aromatic heterocycles. The van der Waals surface area contributed by atoms with E-state index in [2.05, 4.69) is 5.32 Å². The van der Waals surface area contributed by atoms with E-state index in [1.54, 1.807) is 4.90 Å². The Labute approximate surface area is 108 Å². The van der Waals surface area contributed by atoms with Crippen LogP contribution >= 0.6 is 0 Å². The average Bonchev–Trinajstić information content (AvgIpc) is 2.23. The quantitative estimate of drug-likeness (QED) is 0.734. The lowest BCUT2D eigenvalue weighted by molar-refractivity contribution is -0.0328. The first-order chi connectivity index (χ1) is 8.34. The lowest BCUT2D eigenvalue weighted by atomic mass is 9.77. The molecule has 2 N–H and O–H groups in total. The number of amides is 1. The zero-order valence-corrected chi connectivity index (χ0v) is 11.5. The summed E-state index contributed by atoms with van der Waals surface area (Å²) in [6.45, 7) is 8.18. The Hall–Kier alpha value is -0.810. The van der Waals surface area contributed by atoms with Crippen LogP contribution in [0.5, 0.6) is 0 Å². The fourth-order valence-electron chi connectivity index (χ4n) is 2.80. The summed E-state index contributed by atoms with van der Waals surface area (Å²) >= 11 is 0. The molecule has 2 rings (SSSR count). The largest absolute Gasteiger partial charge is 0.444 e. The van der Waals surface area contributed by atoms with Crippen LogP contribution in [-0.4, -0.2) is 53.5 Å². The molecule has 0 aliphatic carbocycles. The Morgan fingerprint density at radius 3 is 2.72 bits per heavy atom. The van der Waals surface area contributed by atoms with Crippen LogP contribution in [0.25, 0.3) is 0 Å². The number of hydrogen-bond donors (Lipinski definition) is 2. The Bertz CT molecular complexity index is 319. The number of piperidine rings is 1. The van der Waals surface area contributed by atoms with Gasteiger partial charge in [0.2, 0.25) is 0 Å². The van der Waals surface area contributed by atoms with Crippen LogP contribution in [0.3, 0.4) is 0 Å². The summed E-state index contributed by atoms with van der Waals surface area (Å²) in [4.78, 5) is 13.6. The van der Waals surface area contributed by atoms with Crippen LogP contribution in [0.4, 0.5) is 4.79 Å². The third-order valence-electron chi connectivity index (χ3n) is 3.63. The van der Waals surface area contributed by atoms with Gasteiger partial charge in [-0.15, -0.1) is 0 Å². The molecular formula is C13H24N2O3. The van der Waals surface area contributed by atoms with Crippen molar-refractivity contribution in [2.75, 3.05) is 26.2 Å². The molecule has 2 heterocycles. The van der Waals surface area contributed by atoms with Crippen molar-refractivity contribution in [2.24, 2.45) is 5.92 Å². The molecule has 0 aromatic rings. The van der Waals surface area contributed by atoms with E-state index in [0.717, 1.165) is 19.4 Å². The molecule has 2 aliphatic rings. The highest BCUT2D eigenvalue weighted by atomic mass is 16.6. The van der Waals surface area contributed by atoms with Crippen LogP contribution in [0.2, 0.25) is 0 Å². The summed E-state index contributed by atoms with van der Waals surface area (Å²) in [7, 11) is 0. The number of hydrogen-bond acceptors (Lipinski definition) is 4. The summed E-state index contributed by atoms with van der Waals surface area (Å²) in [6.07, 6.45) is 1.73. The molecule has 0 aromatic carbocycles. The minimum absolute atomic E-state index is 0.0164. The molecule has 0 bridgehead atoms. The number of ether oxygens (including phenoxy) is 1. The number of nitrogens with one attached hydrogen (secondary N) is 1. The van der Waals surface area contributed by atoms with E-state index in [-0.39, 0.29) is 18.2 Å². The van der Waals surface area contributed by atoms with Gasteiger partial charge < -0.3 is 20.1 Å². The van der Waals surface area contributed by atoms with Gasteiger partial charge >= 0.3 is 6.09 Å². The molecule has 0 saturated carbocycles. The van der Waals surface area contributed by atoms with Crippen molar-refractivity contribution >= 4 is 6.09 Å². The van der Waals surface area contributed by atoms with Gasteiger partial charge in [0.25, 0.3) is 0 Å². The zero-order valence-electron chi connectivity index (χ0n) is 11.5. The van der Waals surface area contributed by atoms with Gasteiger partial charge in [0.15, 0.2) is 0 Å². The van der Waals surface area contributed by atoms with Gasteiger partial charge in [0.1, 0.15) is 5.60 Å². The minimum atomic E-state index is -0.437. The fraction of sp³-hybridized carbons (Fsp3) is 0.923. The van der Waals surface area contributed by atoms with Gasteiger partial charge in [-0.3, -0.25) is 0 Å². The molecule has 2 saturated heterocycles. The smallest absolute Gasteiger partial charge is 0.410 e. The number of aliphatic hydroxyl groups is 1. The van der Waals surface area contributed by atoms with E-state index < -0.39 is 5.60 Å². The summed E-state index contributed by atoms with van der Waals surface area (Å²) in [5.41, 5.74) is -0.421.